The van der Waals surface area contributed by atoms with E-state index in [0.29, 0.717) is 11.5 Å². The summed E-state index contributed by atoms with van der Waals surface area (Å²) in [4.78, 5) is 22.2. The van der Waals surface area contributed by atoms with Gasteiger partial charge < -0.3 is 24.1 Å². The van der Waals surface area contributed by atoms with Crippen molar-refractivity contribution in [1.29, 1.82) is 0 Å². The van der Waals surface area contributed by atoms with Crippen LogP contribution in [0.5, 0.6) is 17.2 Å². The SMILES string of the molecule is O=C(COc1ccccc1)OP(=O)(O)C(=NO)c1ccc(Cl)c(Oc2ccccc2)c1. The van der Waals surface area contributed by atoms with Crippen LogP contribution in [0.25, 0.3) is 0 Å². The minimum absolute atomic E-state index is 0.0274. The van der Waals surface area contributed by atoms with Crippen molar-refractivity contribution in [2.45, 2.75) is 0 Å². The molecule has 0 bridgehead atoms. The molecular formula is C21H17ClNO7P. The lowest BCUT2D eigenvalue weighted by molar-refractivity contribution is -0.136. The number of para-hydroxylation sites is 2. The molecule has 3 rings (SSSR count). The van der Waals surface area contributed by atoms with Crippen LogP contribution in [0, 0.1) is 0 Å². The minimum atomic E-state index is -4.85. The third-order valence-electron chi connectivity index (χ3n) is 3.85. The lowest BCUT2D eigenvalue weighted by Crippen LogP contribution is -2.16. The zero-order valence-corrected chi connectivity index (χ0v) is 17.6. The summed E-state index contributed by atoms with van der Waals surface area (Å²) in [5, 5.41) is 12.4. The third-order valence-corrected chi connectivity index (χ3v) is 5.49. The Bertz CT molecular complexity index is 1120. The Balaban J connectivity index is 1.74. The molecule has 8 nitrogen and oxygen atoms in total. The van der Waals surface area contributed by atoms with Crippen molar-refractivity contribution < 1.29 is 33.5 Å². The predicted octanol–water partition coefficient (Wildman–Crippen LogP) is 5.08. The first-order valence-corrected chi connectivity index (χ1v) is 10.8. The Morgan fingerprint density at radius 3 is 2.19 bits per heavy atom. The number of benzene rings is 3. The lowest BCUT2D eigenvalue weighted by atomic mass is 10.2. The molecule has 0 saturated carbocycles. The van der Waals surface area contributed by atoms with E-state index in [-0.39, 0.29) is 16.3 Å². The molecule has 3 aromatic rings. The molecule has 0 amide bonds. The topological polar surface area (TPSA) is 115 Å². The van der Waals surface area contributed by atoms with Gasteiger partial charge in [-0.15, -0.1) is 0 Å². The molecule has 3 aromatic carbocycles. The maximum Gasteiger partial charge on any atom is 0.432 e. The largest absolute Gasteiger partial charge is 0.482 e. The van der Waals surface area contributed by atoms with E-state index in [1.54, 1.807) is 60.7 Å². The van der Waals surface area contributed by atoms with Gasteiger partial charge >= 0.3 is 13.6 Å². The smallest absolute Gasteiger partial charge is 0.432 e. The Morgan fingerprint density at radius 1 is 0.968 bits per heavy atom. The van der Waals surface area contributed by atoms with Crippen LogP contribution >= 0.6 is 19.2 Å². The van der Waals surface area contributed by atoms with Gasteiger partial charge in [0.1, 0.15) is 17.2 Å². The summed E-state index contributed by atoms with van der Waals surface area (Å²) in [6, 6.07) is 21.1. The van der Waals surface area contributed by atoms with Crippen LogP contribution in [-0.2, 0) is 13.9 Å². The summed E-state index contributed by atoms with van der Waals surface area (Å²) < 4.78 is 28.1. The fraction of sp³-hybridized carbons (Fsp3) is 0.0476. The van der Waals surface area contributed by atoms with E-state index >= 15 is 0 Å². The molecule has 0 aliphatic rings. The summed E-state index contributed by atoms with van der Waals surface area (Å²) >= 11 is 6.13. The highest BCUT2D eigenvalue weighted by atomic mass is 35.5. The average molecular weight is 462 g/mol. The molecule has 1 unspecified atom stereocenters. The molecule has 0 aromatic heterocycles. The summed E-state index contributed by atoms with van der Waals surface area (Å²) in [6.07, 6.45) is 0. The number of carbonyl (C=O) groups is 1. The van der Waals surface area contributed by atoms with Gasteiger partial charge in [0.2, 0.25) is 5.45 Å². The van der Waals surface area contributed by atoms with Crippen molar-refractivity contribution in [2.75, 3.05) is 6.61 Å². The quantitative estimate of drug-likeness (QED) is 0.208. The first-order chi connectivity index (χ1) is 14.9. The molecule has 0 heterocycles. The van der Waals surface area contributed by atoms with Crippen LogP contribution in [0.2, 0.25) is 5.02 Å². The molecule has 31 heavy (non-hydrogen) atoms. The summed E-state index contributed by atoms with van der Waals surface area (Å²) in [6.45, 7) is -0.615. The van der Waals surface area contributed by atoms with Crippen molar-refractivity contribution in [3.8, 4) is 17.2 Å². The molecule has 1 atom stereocenters. The second-order valence-corrected chi connectivity index (χ2v) is 8.12. The van der Waals surface area contributed by atoms with Crippen molar-refractivity contribution in [1.82, 2.24) is 0 Å². The third kappa shape index (κ3) is 6.08. The average Bonchev–Trinajstić information content (AvgIpc) is 2.76. The number of rotatable bonds is 8. The molecule has 2 N–H and O–H groups in total. The Hall–Kier alpha value is -3.32. The summed E-state index contributed by atoms with van der Waals surface area (Å²) in [5.74, 6) is -0.125. The number of oxime groups is 1. The standard InChI is InChI=1S/C21H17ClNO7P/c22-18-12-11-15(13-19(18)29-17-9-5-2-6-10-17)21(23-25)31(26,27)30-20(24)14-28-16-7-3-1-4-8-16/h1-13,25H,14H2,(H,26,27). The maximum absolute atomic E-state index is 12.6. The van der Waals surface area contributed by atoms with E-state index in [2.05, 4.69) is 9.68 Å². The highest BCUT2D eigenvalue weighted by Gasteiger charge is 2.34. The van der Waals surface area contributed by atoms with Crippen molar-refractivity contribution in [3.05, 3.63) is 89.4 Å². The number of hydrogen-bond donors (Lipinski definition) is 2. The van der Waals surface area contributed by atoms with Gasteiger partial charge in [0.15, 0.2) is 6.61 Å². The van der Waals surface area contributed by atoms with Gasteiger partial charge in [-0.05, 0) is 36.4 Å². The van der Waals surface area contributed by atoms with E-state index in [1.807, 2.05) is 0 Å². The molecule has 0 saturated heterocycles. The van der Waals surface area contributed by atoms with Crippen LogP contribution in [0.3, 0.4) is 0 Å². The Labute approximate surface area is 182 Å². The van der Waals surface area contributed by atoms with Crippen LogP contribution < -0.4 is 9.47 Å². The number of ether oxygens (including phenoxy) is 2. The van der Waals surface area contributed by atoms with Crippen LogP contribution in [-0.4, -0.2) is 28.1 Å². The first-order valence-electron chi connectivity index (χ1n) is 8.87. The van der Waals surface area contributed by atoms with E-state index in [1.165, 1.54) is 18.2 Å². The number of hydrogen-bond acceptors (Lipinski definition) is 7. The van der Waals surface area contributed by atoms with Gasteiger partial charge in [0, 0.05) is 5.56 Å². The van der Waals surface area contributed by atoms with E-state index in [4.69, 9.17) is 21.1 Å². The second-order valence-electron chi connectivity index (χ2n) is 6.07. The number of carbonyl (C=O) groups excluding carboxylic acids is 1. The predicted molar refractivity (Wildman–Crippen MR) is 114 cm³/mol. The molecule has 0 aliphatic carbocycles. The van der Waals surface area contributed by atoms with E-state index < -0.39 is 25.6 Å². The van der Waals surface area contributed by atoms with Crippen molar-refractivity contribution >= 4 is 30.6 Å². The van der Waals surface area contributed by atoms with Gasteiger partial charge in [-0.3, -0.25) is 0 Å². The number of nitrogens with zero attached hydrogens (tertiary/aromatic N) is 1. The molecule has 0 fully saturated rings. The van der Waals surface area contributed by atoms with Crippen LogP contribution in [0.15, 0.2) is 84.0 Å². The van der Waals surface area contributed by atoms with Crippen LogP contribution in [0.4, 0.5) is 0 Å². The second kappa shape index (κ2) is 10.1. The minimum Gasteiger partial charge on any atom is -0.482 e. The van der Waals surface area contributed by atoms with Crippen LogP contribution in [0.1, 0.15) is 5.56 Å². The Morgan fingerprint density at radius 2 is 1.58 bits per heavy atom. The molecular weight excluding hydrogens is 445 g/mol. The molecule has 0 spiro atoms. The van der Waals surface area contributed by atoms with Gasteiger partial charge in [-0.2, -0.15) is 0 Å². The molecule has 0 radical (unpaired) electrons. The molecule has 10 heteroatoms. The molecule has 160 valence electrons. The van der Waals surface area contributed by atoms with Gasteiger partial charge in [0.05, 0.1) is 5.02 Å². The van der Waals surface area contributed by atoms with Crippen molar-refractivity contribution in [3.63, 3.8) is 0 Å². The maximum atomic E-state index is 12.6. The zero-order chi connectivity index (χ0) is 22.3. The van der Waals surface area contributed by atoms with Gasteiger partial charge in [-0.1, -0.05) is 59.2 Å². The first kappa shape index (κ1) is 22.4. The Kier molecular flexibility index (Phi) is 7.31. The monoisotopic (exact) mass is 461 g/mol. The number of halogens is 1. The van der Waals surface area contributed by atoms with Gasteiger partial charge in [0.25, 0.3) is 0 Å². The summed E-state index contributed by atoms with van der Waals surface area (Å²) in [5.41, 5.74) is -0.782. The van der Waals surface area contributed by atoms with E-state index in [0.717, 1.165) is 0 Å². The molecule has 0 aliphatic heterocycles. The normalized spacial score (nSPS) is 13.2. The van der Waals surface area contributed by atoms with Gasteiger partial charge in [-0.25, -0.2) is 9.36 Å². The fourth-order valence-corrected chi connectivity index (χ4v) is 3.63. The lowest BCUT2D eigenvalue weighted by Gasteiger charge is -2.15. The van der Waals surface area contributed by atoms with E-state index in [9.17, 15) is 19.5 Å². The highest BCUT2D eigenvalue weighted by Crippen LogP contribution is 2.47. The highest BCUT2D eigenvalue weighted by molar-refractivity contribution is 7.72. The summed E-state index contributed by atoms with van der Waals surface area (Å²) in [7, 11) is -4.85. The fourth-order valence-electron chi connectivity index (χ4n) is 2.48. The zero-order valence-electron chi connectivity index (χ0n) is 15.9. The van der Waals surface area contributed by atoms with Crippen molar-refractivity contribution in [2.24, 2.45) is 5.16 Å².